The number of rotatable bonds is 6. The monoisotopic (exact) mass is 510 g/mol. The molecule has 1 aliphatic rings. The van der Waals surface area contributed by atoms with Crippen LogP contribution >= 0.6 is 24.0 Å². The van der Waals surface area contributed by atoms with Gasteiger partial charge in [0.1, 0.15) is 18.9 Å². The molecule has 0 spiro atoms. The maximum Gasteiger partial charge on any atom is 0.246 e. The number of aryl methyl sites for hydroxylation is 1. The van der Waals surface area contributed by atoms with Crippen LogP contribution in [0.4, 0.5) is 5.69 Å². The highest BCUT2D eigenvalue weighted by atomic mass is 127. The Morgan fingerprint density at radius 2 is 2.17 bits per heavy atom. The lowest BCUT2D eigenvalue weighted by molar-refractivity contribution is -0.120. The first-order chi connectivity index (χ1) is 13.6. The molecule has 156 valence electrons. The first-order valence-corrected chi connectivity index (χ1v) is 9.18. The van der Waals surface area contributed by atoms with Gasteiger partial charge < -0.3 is 19.9 Å². The van der Waals surface area contributed by atoms with Gasteiger partial charge >= 0.3 is 0 Å². The number of carbonyl (C=O) groups excluding carboxylic acids is 1. The molecule has 0 aliphatic carbocycles. The van der Waals surface area contributed by atoms with Crippen LogP contribution in [0, 0.1) is 0 Å². The highest BCUT2D eigenvalue weighted by Gasteiger charge is 2.27. The largest absolute Gasteiger partial charge is 0.489 e. The summed E-state index contributed by atoms with van der Waals surface area (Å²) in [4.78, 5) is 20.7. The van der Waals surface area contributed by atoms with Crippen molar-refractivity contribution < 1.29 is 9.53 Å². The van der Waals surface area contributed by atoms with E-state index in [0.29, 0.717) is 32.2 Å². The van der Waals surface area contributed by atoms with E-state index in [-0.39, 0.29) is 36.4 Å². The van der Waals surface area contributed by atoms with Crippen LogP contribution in [0.15, 0.2) is 54.3 Å². The van der Waals surface area contributed by atoms with Crippen LogP contribution in [0.25, 0.3) is 0 Å². The third-order valence-corrected chi connectivity index (χ3v) is 4.50. The molecule has 0 bridgehead atoms. The SMILES string of the molecule is C=CCOc1ccccc1CNC(=NC)N1CCN(c2cnn(C)c2)C(=O)C1.I. The molecule has 8 nitrogen and oxygen atoms in total. The Hall–Kier alpha value is -2.56. The molecule has 1 aromatic heterocycles. The second-order valence-electron chi connectivity index (χ2n) is 6.45. The molecule has 1 N–H and O–H groups in total. The van der Waals surface area contributed by atoms with Crippen LogP contribution in [-0.4, -0.2) is 59.8 Å². The van der Waals surface area contributed by atoms with Gasteiger partial charge in [-0.25, -0.2) is 0 Å². The summed E-state index contributed by atoms with van der Waals surface area (Å²) in [5.74, 6) is 1.53. The number of hydrogen-bond donors (Lipinski definition) is 1. The number of aliphatic imine (C=N–C) groups is 1. The predicted octanol–water partition coefficient (Wildman–Crippen LogP) is 2.03. The Morgan fingerprint density at radius 3 is 2.83 bits per heavy atom. The van der Waals surface area contributed by atoms with Crippen molar-refractivity contribution in [2.24, 2.45) is 12.0 Å². The minimum absolute atomic E-state index is 0. The lowest BCUT2D eigenvalue weighted by Gasteiger charge is -2.35. The minimum atomic E-state index is 0. The van der Waals surface area contributed by atoms with Gasteiger partial charge in [0.2, 0.25) is 5.91 Å². The number of benzene rings is 1. The molecule has 0 atom stereocenters. The molecule has 0 radical (unpaired) electrons. The highest BCUT2D eigenvalue weighted by molar-refractivity contribution is 14.0. The van der Waals surface area contributed by atoms with Gasteiger partial charge in [-0.3, -0.25) is 14.5 Å². The molecule has 1 saturated heterocycles. The van der Waals surface area contributed by atoms with Crippen molar-refractivity contribution in [3.05, 3.63) is 54.9 Å². The third-order valence-electron chi connectivity index (χ3n) is 4.50. The molecule has 29 heavy (non-hydrogen) atoms. The molecule has 1 aromatic carbocycles. The van der Waals surface area contributed by atoms with E-state index in [1.165, 1.54) is 0 Å². The molecule has 1 fully saturated rings. The van der Waals surface area contributed by atoms with Gasteiger partial charge in [0.05, 0.1) is 11.9 Å². The average Bonchev–Trinajstić information content (AvgIpc) is 3.13. The molecule has 2 heterocycles. The third kappa shape index (κ3) is 5.72. The van der Waals surface area contributed by atoms with Crippen molar-refractivity contribution in [2.75, 3.05) is 38.2 Å². The minimum Gasteiger partial charge on any atom is -0.489 e. The van der Waals surface area contributed by atoms with Crippen molar-refractivity contribution in [3.8, 4) is 5.75 Å². The van der Waals surface area contributed by atoms with Gasteiger partial charge in [-0.1, -0.05) is 30.9 Å². The number of ether oxygens (including phenoxy) is 1. The van der Waals surface area contributed by atoms with Gasteiger partial charge in [-0.05, 0) is 6.07 Å². The lowest BCUT2D eigenvalue weighted by atomic mass is 10.2. The number of carbonyl (C=O) groups is 1. The number of nitrogens with zero attached hydrogens (tertiary/aromatic N) is 5. The molecule has 9 heteroatoms. The summed E-state index contributed by atoms with van der Waals surface area (Å²) in [6.45, 7) is 6.23. The summed E-state index contributed by atoms with van der Waals surface area (Å²) in [5.41, 5.74) is 1.84. The fourth-order valence-corrected chi connectivity index (χ4v) is 3.12. The molecular formula is C20H27IN6O2. The first kappa shape index (κ1) is 22.7. The average molecular weight is 510 g/mol. The highest BCUT2D eigenvalue weighted by Crippen LogP contribution is 2.19. The van der Waals surface area contributed by atoms with E-state index < -0.39 is 0 Å². The first-order valence-electron chi connectivity index (χ1n) is 9.18. The number of hydrogen-bond acceptors (Lipinski definition) is 4. The molecular weight excluding hydrogens is 483 g/mol. The molecule has 2 aromatic rings. The summed E-state index contributed by atoms with van der Waals surface area (Å²) in [6.07, 6.45) is 5.28. The quantitative estimate of drug-likeness (QED) is 0.279. The van der Waals surface area contributed by atoms with E-state index in [1.54, 1.807) is 28.9 Å². The zero-order valence-corrected chi connectivity index (χ0v) is 19.1. The van der Waals surface area contributed by atoms with Crippen LogP contribution in [0.2, 0.25) is 0 Å². The van der Waals surface area contributed by atoms with E-state index in [0.717, 1.165) is 17.0 Å². The second-order valence-corrected chi connectivity index (χ2v) is 6.45. The topological polar surface area (TPSA) is 75.0 Å². The van der Waals surface area contributed by atoms with Crippen LogP contribution in [0.1, 0.15) is 5.56 Å². The molecule has 1 aliphatic heterocycles. The number of piperazine rings is 1. The number of guanidine groups is 1. The van der Waals surface area contributed by atoms with Gasteiger partial charge in [0.15, 0.2) is 5.96 Å². The summed E-state index contributed by atoms with van der Waals surface area (Å²) in [7, 11) is 3.56. The van der Waals surface area contributed by atoms with Gasteiger partial charge in [0.25, 0.3) is 0 Å². The summed E-state index contributed by atoms with van der Waals surface area (Å²) in [5, 5.41) is 7.48. The maximum absolute atomic E-state index is 12.6. The number of anilines is 1. The number of halogens is 1. The Morgan fingerprint density at radius 1 is 1.38 bits per heavy atom. The maximum atomic E-state index is 12.6. The summed E-state index contributed by atoms with van der Waals surface area (Å²) < 4.78 is 7.40. The van der Waals surface area contributed by atoms with E-state index in [2.05, 4.69) is 22.0 Å². The van der Waals surface area contributed by atoms with E-state index in [4.69, 9.17) is 4.74 Å². The predicted molar refractivity (Wildman–Crippen MR) is 125 cm³/mol. The Balaban J connectivity index is 0.00000300. The summed E-state index contributed by atoms with van der Waals surface area (Å²) in [6, 6.07) is 7.84. The number of aromatic nitrogens is 2. The second kappa shape index (κ2) is 10.8. The van der Waals surface area contributed by atoms with Crippen molar-refractivity contribution in [1.82, 2.24) is 20.0 Å². The number of nitrogens with one attached hydrogen (secondary N) is 1. The van der Waals surface area contributed by atoms with Crippen molar-refractivity contribution >= 4 is 41.5 Å². The molecule has 3 rings (SSSR count). The van der Waals surface area contributed by atoms with E-state index in [9.17, 15) is 4.79 Å². The van der Waals surface area contributed by atoms with E-state index >= 15 is 0 Å². The Bertz CT molecular complexity index is 866. The zero-order chi connectivity index (χ0) is 19.9. The Labute approximate surface area is 188 Å². The van der Waals surface area contributed by atoms with Gasteiger partial charge in [-0.2, -0.15) is 5.10 Å². The standard InChI is InChI=1S/C20H26N6O2.HI/c1-4-11-28-18-8-6-5-7-16(18)12-22-20(21-2)25-9-10-26(19(27)15-25)17-13-23-24(3)14-17;/h4-8,13-14H,1,9-12,15H2,2-3H3,(H,21,22);1H. The smallest absolute Gasteiger partial charge is 0.246 e. The lowest BCUT2D eigenvalue weighted by Crippen LogP contribution is -2.55. The fourth-order valence-electron chi connectivity index (χ4n) is 3.12. The number of para-hydroxylation sites is 1. The zero-order valence-electron chi connectivity index (χ0n) is 16.7. The van der Waals surface area contributed by atoms with Crippen molar-refractivity contribution in [1.29, 1.82) is 0 Å². The van der Waals surface area contributed by atoms with Crippen LogP contribution in [-0.2, 0) is 18.4 Å². The Kier molecular flexibility index (Phi) is 8.50. The summed E-state index contributed by atoms with van der Waals surface area (Å²) >= 11 is 0. The van der Waals surface area contributed by atoms with Gasteiger partial charge in [-0.15, -0.1) is 24.0 Å². The normalized spacial score (nSPS) is 14.4. The van der Waals surface area contributed by atoms with Crippen molar-refractivity contribution in [2.45, 2.75) is 6.54 Å². The number of amides is 1. The molecule has 0 saturated carbocycles. The molecule has 0 unspecified atom stereocenters. The fraction of sp³-hybridized carbons (Fsp3) is 0.350. The van der Waals surface area contributed by atoms with Crippen LogP contribution < -0.4 is 15.0 Å². The molecule has 1 amide bonds. The van der Waals surface area contributed by atoms with E-state index in [1.807, 2.05) is 42.4 Å². The van der Waals surface area contributed by atoms with Gasteiger partial charge in [0, 0.05) is 45.5 Å². The van der Waals surface area contributed by atoms with Crippen molar-refractivity contribution in [3.63, 3.8) is 0 Å². The van der Waals surface area contributed by atoms with Crippen LogP contribution in [0.3, 0.4) is 0 Å². The van der Waals surface area contributed by atoms with Crippen LogP contribution in [0.5, 0.6) is 5.75 Å².